The van der Waals surface area contributed by atoms with Crippen LogP contribution in [0.25, 0.3) is 0 Å². The predicted molar refractivity (Wildman–Crippen MR) is 118 cm³/mol. The number of nitrogens with one attached hydrogen (secondary N) is 1. The summed E-state index contributed by atoms with van der Waals surface area (Å²) in [6, 6.07) is 18.8. The molecule has 1 aliphatic heterocycles. The molecule has 1 atom stereocenters. The van der Waals surface area contributed by atoms with Crippen molar-refractivity contribution in [1.82, 2.24) is 9.62 Å². The molecule has 3 aromatic carbocycles. The van der Waals surface area contributed by atoms with Crippen molar-refractivity contribution in [2.24, 2.45) is 0 Å². The maximum Gasteiger partial charge on any atom is 0.247 e. The van der Waals surface area contributed by atoms with E-state index in [1.54, 1.807) is 19.2 Å². The van der Waals surface area contributed by atoms with Crippen molar-refractivity contribution in [3.8, 4) is 5.75 Å². The zero-order valence-electron chi connectivity index (χ0n) is 17.5. The number of ether oxygens (including phenoxy) is 1. The summed E-state index contributed by atoms with van der Waals surface area (Å²) >= 11 is 0. The fourth-order valence-electron chi connectivity index (χ4n) is 3.84. The molecule has 0 fully saturated rings. The SMILES string of the molecule is COc1cccc(CNC(=O)C2Cc3ccccc3CN2S(=O)(=O)c2ccccc2F)c1. The molecular weight excluding hydrogens is 431 g/mol. The highest BCUT2D eigenvalue weighted by atomic mass is 32.2. The van der Waals surface area contributed by atoms with Crippen LogP contribution in [0.15, 0.2) is 77.7 Å². The molecule has 1 N–H and O–H groups in total. The van der Waals surface area contributed by atoms with Gasteiger partial charge < -0.3 is 10.1 Å². The van der Waals surface area contributed by atoms with Crippen LogP contribution in [-0.4, -0.2) is 31.8 Å². The van der Waals surface area contributed by atoms with Gasteiger partial charge in [0.2, 0.25) is 15.9 Å². The number of carbonyl (C=O) groups is 1. The first-order valence-corrected chi connectivity index (χ1v) is 11.6. The third-order valence-electron chi connectivity index (χ3n) is 5.53. The average Bonchev–Trinajstić information content (AvgIpc) is 2.82. The summed E-state index contributed by atoms with van der Waals surface area (Å²) in [5.41, 5.74) is 2.51. The van der Waals surface area contributed by atoms with Gasteiger partial charge in [-0.3, -0.25) is 4.79 Å². The highest BCUT2D eigenvalue weighted by Gasteiger charge is 2.40. The third kappa shape index (κ3) is 4.37. The van der Waals surface area contributed by atoms with Crippen molar-refractivity contribution < 1.29 is 22.3 Å². The maximum atomic E-state index is 14.4. The fourth-order valence-corrected chi connectivity index (χ4v) is 5.48. The molecule has 32 heavy (non-hydrogen) atoms. The van der Waals surface area contributed by atoms with Crippen molar-refractivity contribution >= 4 is 15.9 Å². The molecule has 0 saturated carbocycles. The zero-order chi connectivity index (χ0) is 22.7. The summed E-state index contributed by atoms with van der Waals surface area (Å²) in [6.45, 7) is 0.200. The number of carbonyl (C=O) groups excluding carboxylic acids is 1. The summed E-state index contributed by atoms with van der Waals surface area (Å²) < 4.78 is 47.4. The van der Waals surface area contributed by atoms with Gasteiger partial charge in [0.1, 0.15) is 22.5 Å². The lowest BCUT2D eigenvalue weighted by Gasteiger charge is -2.35. The first-order chi connectivity index (χ1) is 15.4. The van der Waals surface area contributed by atoms with E-state index < -0.39 is 32.7 Å². The van der Waals surface area contributed by atoms with Crippen LogP contribution in [0.5, 0.6) is 5.75 Å². The zero-order valence-corrected chi connectivity index (χ0v) is 18.3. The first-order valence-electron chi connectivity index (χ1n) is 10.1. The summed E-state index contributed by atoms with van der Waals surface area (Å²) in [7, 11) is -2.69. The van der Waals surface area contributed by atoms with E-state index in [1.165, 1.54) is 18.2 Å². The Labute approximate surface area is 186 Å². The van der Waals surface area contributed by atoms with Gasteiger partial charge in [-0.2, -0.15) is 4.31 Å². The smallest absolute Gasteiger partial charge is 0.247 e. The molecule has 4 rings (SSSR count). The summed E-state index contributed by atoms with van der Waals surface area (Å²) in [5.74, 6) is -0.628. The van der Waals surface area contributed by atoms with Gasteiger partial charge in [0.05, 0.1) is 7.11 Å². The van der Waals surface area contributed by atoms with Gasteiger partial charge >= 0.3 is 0 Å². The fraction of sp³-hybridized carbons (Fsp3) is 0.208. The standard InChI is InChI=1S/C24H23FN2O4S/c1-31-20-10-6-7-17(13-20)15-26-24(28)22-14-18-8-2-3-9-19(18)16-27(22)32(29,30)23-12-5-4-11-21(23)25/h2-13,22H,14-16H2,1H3,(H,26,28). The molecule has 0 aliphatic carbocycles. The lowest BCUT2D eigenvalue weighted by Crippen LogP contribution is -2.52. The number of hydrogen-bond acceptors (Lipinski definition) is 4. The van der Waals surface area contributed by atoms with Crippen LogP contribution < -0.4 is 10.1 Å². The van der Waals surface area contributed by atoms with Crippen LogP contribution in [0.3, 0.4) is 0 Å². The Morgan fingerprint density at radius 1 is 1.06 bits per heavy atom. The molecule has 0 aromatic heterocycles. The number of benzene rings is 3. The van der Waals surface area contributed by atoms with E-state index in [1.807, 2.05) is 36.4 Å². The molecule has 0 spiro atoms. The second-order valence-corrected chi connectivity index (χ2v) is 9.40. The number of halogens is 1. The first kappa shape index (κ1) is 22.0. The molecule has 0 radical (unpaired) electrons. The molecule has 0 saturated heterocycles. The Balaban J connectivity index is 1.64. The van der Waals surface area contributed by atoms with Gasteiger partial charge in [-0.05, 0) is 47.4 Å². The van der Waals surface area contributed by atoms with Crippen molar-refractivity contribution in [3.63, 3.8) is 0 Å². The van der Waals surface area contributed by atoms with Crippen molar-refractivity contribution in [3.05, 3.63) is 95.3 Å². The summed E-state index contributed by atoms with van der Waals surface area (Å²) in [6.07, 6.45) is 0.202. The van der Waals surface area contributed by atoms with Crippen LogP contribution >= 0.6 is 0 Å². The van der Waals surface area contributed by atoms with Gasteiger partial charge in [0.15, 0.2) is 0 Å². The number of rotatable bonds is 6. The average molecular weight is 455 g/mol. The van der Waals surface area contributed by atoms with Crippen molar-refractivity contribution in [2.75, 3.05) is 7.11 Å². The van der Waals surface area contributed by atoms with Gasteiger partial charge in [-0.25, -0.2) is 12.8 Å². The maximum absolute atomic E-state index is 14.4. The minimum atomic E-state index is -4.25. The second-order valence-electron chi connectivity index (χ2n) is 7.54. The van der Waals surface area contributed by atoms with E-state index in [2.05, 4.69) is 5.32 Å². The molecule has 0 bridgehead atoms. The van der Waals surface area contributed by atoms with Crippen LogP contribution in [0, 0.1) is 5.82 Å². The monoisotopic (exact) mass is 454 g/mol. The number of fused-ring (bicyclic) bond motifs is 1. The number of methoxy groups -OCH3 is 1. The topological polar surface area (TPSA) is 75.7 Å². The summed E-state index contributed by atoms with van der Waals surface area (Å²) in [5, 5.41) is 2.82. The Kier molecular flexibility index (Phi) is 6.25. The number of sulfonamides is 1. The van der Waals surface area contributed by atoms with Crippen molar-refractivity contribution in [2.45, 2.75) is 30.4 Å². The molecule has 1 unspecified atom stereocenters. The molecule has 3 aromatic rings. The molecule has 1 amide bonds. The lowest BCUT2D eigenvalue weighted by atomic mass is 9.95. The number of nitrogens with zero attached hydrogens (tertiary/aromatic N) is 1. The van der Waals surface area contributed by atoms with Crippen LogP contribution in [0.2, 0.25) is 0 Å². The second kappa shape index (κ2) is 9.10. The molecule has 1 aliphatic rings. The molecule has 1 heterocycles. The minimum absolute atomic E-state index is 0.00983. The van der Waals surface area contributed by atoms with Gasteiger partial charge in [0.25, 0.3) is 0 Å². The predicted octanol–water partition coefficient (Wildman–Crippen LogP) is 3.27. The van der Waals surface area contributed by atoms with E-state index in [0.717, 1.165) is 27.1 Å². The van der Waals surface area contributed by atoms with Gasteiger partial charge in [-0.1, -0.05) is 48.5 Å². The highest BCUT2D eigenvalue weighted by molar-refractivity contribution is 7.89. The van der Waals surface area contributed by atoms with E-state index in [9.17, 15) is 17.6 Å². The van der Waals surface area contributed by atoms with E-state index in [-0.39, 0.29) is 19.5 Å². The van der Waals surface area contributed by atoms with Gasteiger partial charge in [0, 0.05) is 13.1 Å². The Hall–Kier alpha value is -3.23. The summed E-state index contributed by atoms with van der Waals surface area (Å²) in [4.78, 5) is 12.7. The molecule has 8 heteroatoms. The Morgan fingerprint density at radius 3 is 2.53 bits per heavy atom. The number of hydrogen-bond donors (Lipinski definition) is 1. The van der Waals surface area contributed by atoms with E-state index in [4.69, 9.17) is 4.74 Å². The largest absolute Gasteiger partial charge is 0.497 e. The Bertz CT molecular complexity index is 1250. The van der Waals surface area contributed by atoms with Crippen LogP contribution in [-0.2, 0) is 34.3 Å². The minimum Gasteiger partial charge on any atom is -0.497 e. The van der Waals surface area contributed by atoms with E-state index in [0.29, 0.717) is 5.75 Å². The third-order valence-corrected chi connectivity index (χ3v) is 7.42. The van der Waals surface area contributed by atoms with Crippen LogP contribution in [0.4, 0.5) is 4.39 Å². The van der Waals surface area contributed by atoms with E-state index >= 15 is 0 Å². The van der Waals surface area contributed by atoms with Crippen LogP contribution in [0.1, 0.15) is 16.7 Å². The quantitative estimate of drug-likeness (QED) is 0.620. The highest BCUT2D eigenvalue weighted by Crippen LogP contribution is 2.30. The molecular formula is C24H23FN2O4S. The lowest BCUT2D eigenvalue weighted by molar-refractivity contribution is -0.125. The normalized spacial score (nSPS) is 16.2. The van der Waals surface area contributed by atoms with Crippen molar-refractivity contribution in [1.29, 1.82) is 0 Å². The Morgan fingerprint density at radius 2 is 1.78 bits per heavy atom. The molecule has 166 valence electrons. The van der Waals surface area contributed by atoms with Gasteiger partial charge in [-0.15, -0.1) is 0 Å². The number of amides is 1. The molecule has 6 nitrogen and oxygen atoms in total.